The molecule has 2 aliphatic heterocycles. The maximum absolute atomic E-state index is 14.2. The molecule has 1 spiro atoms. The number of carbonyl (C=O) groups is 2. The number of hydrogen-bond acceptors (Lipinski definition) is 2. The van der Waals surface area contributed by atoms with E-state index in [1.165, 1.54) is 16.5 Å². The molecule has 0 radical (unpaired) electrons. The molecule has 3 heterocycles. The third-order valence-electron chi connectivity index (χ3n) is 8.76. The van der Waals surface area contributed by atoms with Crippen LogP contribution in [0.5, 0.6) is 0 Å². The topological polar surface area (TPSA) is 54.3 Å². The zero-order valence-electron chi connectivity index (χ0n) is 23.1. The fourth-order valence-corrected chi connectivity index (χ4v) is 12.2. The normalized spacial score (nSPS) is 18.8. The molecule has 9 heteroatoms. The molecule has 0 saturated heterocycles. The molecule has 0 bridgehead atoms. The van der Waals surface area contributed by atoms with E-state index in [0.717, 1.165) is 12.1 Å². The number of rotatable bonds is 3. The van der Waals surface area contributed by atoms with Crippen LogP contribution in [0.1, 0.15) is 63.9 Å². The monoisotopic (exact) mass is 551 g/mol. The highest BCUT2D eigenvalue weighted by Gasteiger charge is 2.57. The predicted octanol–water partition coefficient (Wildman–Crippen LogP) is 7.34. The number of fused-ring (bicyclic) bond motifs is 3. The number of para-hydroxylation sites is 1. The molecule has 1 aromatic heterocycles. The van der Waals surface area contributed by atoms with Gasteiger partial charge in [-0.3, -0.25) is 9.36 Å². The molecule has 0 fully saturated rings. The first-order chi connectivity index (χ1) is 18.2. The molecule has 2 amide bonds. The van der Waals surface area contributed by atoms with E-state index in [4.69, 9.17) is 0 Å². The van der Waals surface area contributed by atoms with Gasteiger partial charge in [-0.2, -0.15) is 13.2 Å². The average molecular weight is 552 g/mol. The maximum Gasteiger partial charge on any atom is 0.416 e. The van der Waals surface area contributed by atoms with Crippen LogP contribution < -0.4 is 5.32 Å². The number of anilines is 1. The largest absolute Gasteiger partial charge is 0.416 e. The number of carbonyl (C=O) groups excluding carboxylic acids is 2. The molecule has 1 unspecified atom stereocenters. The minimum Gasteiger partial charge on any atom is -0.323 e. The summed E-state index contributed by atoms with van der Waals surface area (Å²) < 4.78 is 43.9. The van der Waals surface area contributed by atoms with Crippen LogP contribution in [0.3, 0.4) is 0 Å². The summed E-state index contributed by atoms with van der Waals surface area (Å²) in [4.78, 5) is 28.9. The molecule has 0 aliphatic carbocycles. The molecule has 3 aromatic rings. The second kappa shape index (κ2) is 8.75. The lowest BCUT2D eigenvalue weighted by Gasteiger charge is -2.41. The van der Waals surface area contributed by atoms with Crippen molar-refractivity contribution < 1.29 is 22.8 Å². The van der Waals surface area contributed by atoms with Crippen molar-refractivity contribution in [3.63, 3.8) is 0 Å². The number of nitrogens with zero attached hydrogens (tertiary/aromatic N) is 2. The van der Waals surface area contributed by atoms with Gasteiger partial charge in [0.25, 0.3) is 5.91 Å². The van der Waals surface area contributed by atoms with Gasteiger partial charge in [0.05, 0.1) is 11.1 Å². The summed E-state index contributed by atoms with van der Waals surface area (Å²) in [5.74, 6) is 2.70. The van der Waals surface area contributed by atoms with E-state index in [-0.39, 0.29) is 16.5 Å². The van der Waals surface area contributed by atoms with Gasteiger partial charge in [0.15, 0.2) is 5.54 Å². The summed E-state index contributed by atoms with van der Waals surface area (Å²) in [7, 11) is -0.740. The lowest BCUT2D eigenvalue weighted by Crippen LogP contribution is -2.56. The minimum absolute atomic E-state index is 0.116. The van der Waals surface area contributed by atoms with Crippen LogP contribution in [-0.2, 0) is 16.5 Å². The Labute approximate surface area is 227 Å². The molecule has 5 rings (SSSR count). The highest BCUT2D eigenvalue weighted by atomic mass is 28.3. The fraction of sp³-hybridized carbons (Fsp3) is 0.400. The molecule has 0 saturated carbocycles. The summed E-state index contributed by atoms with van der Waals surface area (Å²) in [6.07, 6.45) is -4.65. The summed E-state index contributed by atoms with van der Waals surface area (Å²) in [6, 6.07) is 9.90. The Morgan fingerprint density at radius 1 is 0.923 bits per heavy atom. The Morgan fingerprint density at radius 3 is 2.13 bits per heavy atom. The molecule has 2 aliphatic rings. The summed E-state index contributed by atoms with van der Waals surface area (Å²) in [5.41, 5.74) is 3.63. The average Bonchev–Trinajstić information content (AvgIpc) is 3.35. The third kappa shape index (κ3) is 3.53. The van der Waals surface area contributed by atoms with Crippen LogP contribution in [-0.4, -0.2) is 36.5 Å². The molecule has 1 N–H and O–H groups in total. The zero-order valence-corrected chi connectivity index (χ0v) is 24.1. The van der Waals surface area contributed by atoms with Crippen LogP contribution >= 0.6 is 0 Å². The van der Waals surface area contributed by atoms with Crippen molar-refractivity contribution >= 4 is 36.6 Å². The van der Waals surface area contributed by atoms with Crippen molar-refractivity contribution in [1.29, 1.82) is 0 Å². The number of aromatic nitrogens is 1. The Bertz CT molecular complexity index is 1570. The molecule has 2 aromatic carbocycles. The number of amides is 2. The van der Waals surface area contributed by atoms with E-state index in [2.05, 4.69) is 58.3 Å². The van der Waals surface area contributed by atoms with E-state index in [1.54, 1.807) is 30.3 Å². The predicted molar refractivity (Wildman–Crippen MR) is 149 cm³/mol. The quantitative estimate of drug-likeness (QED) is 0.274. The number of alkyl halides is 3. The van der Waals surface area contributed by atoms with Gasteiger partial charge in [-0.25, -0.2) is 4.79 Å². The van der Waals surface area contributed by atoms with Crippen molar-refractivity contribution in [3.05, 3.63) is 64.8 Å². The van der Waals surface area contributed by atoms with Gasteiger partial charge in [0, 0.05) is 29.2 Å². The van der Waals surface area contributed by atoms with Crippen molar-refractivity contribution in [1.82, 2.24) is 9.47 Å². The van der Waals surface area contributed by atoms with E-state index in [0.29, 0.717) is 33.6 Å². The van der Waals surface area contributed by atoms with Gasteiger partial charge in [-0.1, -0.05) is 65.7 Å². The van der Waals surface area contributed by atoms with Crippen LogP contribution in [0, 0.1) is 11.5 Å². The van der Waals surface area contributed by atoms with Gasteiger partial charge in [-0.15, -0.1) is 5.54 Å². The highest BCUT2D eigenvalue weighted by molar-refractivity contribution is 6.90. The minimum atomic E-state index is -4.65. The Hall–Kier alpha value is -3.51. The van der Waals surface area contributed by atoms with Crippen molar-refractivity contribution in [3.8, 4) is 11.5 Å². The summed E-state index contributed by atoms with van der Waals surface area (Å²) >= 11 is 0. The van der Waals surface area contributed by atoms with Crippen LogP contribution in [0.25, 0.3) is 10.9 Å². The van der Waals surface area contributed by atoms with Gasteiger partial charge < -0.3 is 10.2 Å². The Morgan fingerprint density at radius 2 is 1.54 bits per heavy atom. The number of halogens is 3. The Balaban J connectivity index is 1.89. The Kier molecular flexibility index (Phi) is 6.07. The van der Waals surface area contributed by atoms with Crippen molar-refractivity contribution in [2.75, 3.05) is 12.4 Å². The fourth-order valence-electron chi connectivity index (χ4n) is 7.00. The standard InChI is InChI=1S/C30H32F3N3O2Si/c1-17(2)39(18(3)4,19(5)6)13-12-22-15-20-14-21(30(31,32)33)16-24-26(20)36(22)28(38)35(7)29(24)23-10-8-9-11-25(23)34-27(29)37/h8-11,14-19H,1-7H3,(H,34,37). The molecule has 39 heavy (non-hydrogen) atoms. The van der Waals surface area contributed by atoms with Gasteiger partial charge >= 0.3 is 12.2 Å². The molecule has 1 atom stereocenters. The maximum atomic E-state index is 14.2. The van der Waals surface area contributed by atoms with E-state index >= 15 is 0 Å². The van der Waals surface area contributed by atoms with Gasteiger partial charge in [-0.05, 0) is 40.9 Å². The van der Waals surface area contributed by atoms with Crippen molar-refractivity contribution in [2.24, 2.45) is 0 Å². The van der Waals surface area contributed by atoms with Crippen LogP contribution in [0.2, 0.25) is 16.6 Å². The molecule has 204 valence electrons. The van der Waals surface area contributed by atoms with Crippen LogP contribution in [0.4, 0.5) is 23.7 Å². The first kappa shape index (κ1) is 27.1. The lowest BCUT2D eigenvalue weighted by molar-refractivity contribution is -0.137. The molecule has 5 nitrogen and oxygen atoms in total. The smallest absolute Gasteiger partial charge is 0.323 e. The first-order valence-electron chi connectivity index (χ1n) is 13.2. The summed E-state index contributed by atoms with van der Waals surface area (Å²) in [5, 5.41) is 3.01. The van der Waals surface area contributed by atoms with Crippen LogP contribution in [0.15, 0.2) is 42.5 Å². The number of likely N-dealkylation sites (N-methyl/N-ethyl adjacent to an activating group) is 1. The van der Waals surface area contributed by atoms with Gasteiger partial charge in [0.1, 0.15) is 13.8 Å². The second-order valence-corrected chi connectivity index (χ2v) is 17.1. The van der Waals surface area contributed by atoms with Gasteiger partial charge in [0.2, 0.25) is 0 Å². The van der Waals surface area contributed by atoms with E-state index < -0.39 is 37.3 Å². The molecular formula is C30H32F3N3O2Si. The van der Waals surface area contributed by atoms with E-state index in [9.17, 15) is 22.8 Å². The molecular weight excluding hydrogens is 519 g/mol. The SMILES string of the molecule is CC(C)[Si](C#Cc1cc2cc(C(F)(F)F)cc3c2n1C(=O)N(C)C31C(=O)Nc2ccccc21)(C(C)C)C(C)C. The first-order valence-corrected chi connectivity index (χ1v) is 15.4. The second-order valence-electron chi connectivity index (χ2n) is 11.5. The highest BCUT2D eigenvalue weighted by Crippen LogP contribution is 2.51. The zero-order chi connectivity index (χ0) is 28.7. The van der Waals surface area contributed by atoms with E-state index in [1.807, 2.05) is 0 Å². The lowest BCUT2D eigenvalue weighted by atomic mass is 9.79. The number of benzene rings is 2. The number of nitrogens with one attached hydrogen (secondary N) is 1. The number of hydrogen-bond donors (Lipinski definition) is 1. The van der Waals surface area contributed by atoms with Crippen molar-refractivity contribution in [2.45, 2.75) is 69.9 Å². The summed E-state index contributed by atoms with van der Waals surface area (Å²) in [6.45, 7) is 13.0. The third-order valence-corrected chi connectivity index (χ3v) is 15.1.